The van der Waals surface area contributed by atoms with E-state index in [0.717, 1.165) is 6.42 Å². The molecule has 0 amide bonds. The Morgan fingerprint density at radius 3 is 2.43 bits per heavy atom. The lowest BCUT2D eigenvalue weighted by molar-refractivity contribution is 0.0315. The average Bonchev–Trinajstić information content (AvgIpc) is 1.99. The minimum Gasteiger partial charge on any atom is -0.388 e. The normalized spacial score (nSPS) is 18.2. The molecular formula is C11H26N2O. The molecule has 0 bridgehead atoms. The Labute approximate surface area is 88.5 Å². The Bertz CT molecular complexity index is 146. The van der Waals surface area contributed by atoms with Crippen LogP contribution in [0.25, 0.3) is 0 Å². The molecule has 0 rings (SSSR count). The van der Waals surface area contributed by atoms with Crippen molar-refractivity contribution in [3.05, 3.63) is 0 Å². The van der Waals surface area contributed by atoms with Crippen LogP contribution in [-0.4, -0.2) is 48.8 Å². The molecule has 0 aliphatic carbocycles. The van der Waals surface area contributed by atoms with E-state index in [2.05, 4.69) is 19.2 Å². The molecule has 14 heavy (non-hydrogen) atoms. The lowest BCUT2D eigenvalue weighted by Gasteiger charge is -2.28. The molecule has 3 heteroatoms. The topological polar surface area (TPSA) is 35.5 Å². The van der Waals surface area contributed by atoms with Gasteiger partial charge in [0, 0.05) is 19.1 Å². The van der Waals surface area contributed by atoms with Crippen LogP contribution in [0, 0.1) is 0 Å². The summed E-state index contributed by atoms with van der Waals surface area (Å²) in [5.41, 5.74) is -0.633. The molecule has 0 fully saturated rings. The molecule has 0 aliphatic heterocycles. The van der Waals surface area contributed by atoms with Gasteiger partial charge in [0.2, 0.25) is 0 Å². The van der Waals surface area contributed by atoms with Gasteiger partial charge in [-0.1, -0.05) is 13.3 Å². The molecular weight excluding hydrogens is 176 g/mol. The molecule has 0 aromatic rings. The van der Waals surface area contributed by atoms with Gasteiger partial charge in [-0.25, -0.2) is 0 Å². The van der Waals surface area contributed by atoms with Crippen LogP contribution in [0.1, 0.15) is 33.6 Å². The minimum atomic E-state index is -0.633. The van der Waals surface area contributed by atoms with Crippen LogP contribution in [-0.2, 0) is 0 Å². The fourth-order valence-corrected chi connectivity index (χ4v) is 1.67. The summed E-state index contributed by atoms with van der Waals surface area (Å²) in [7, 11) is 3.95. The van der Waals surface area contributed by atoms with Gasteiger partial charge in [-0.3, -0.25) is 0 Å². The van der Waals surface area contributed by atoms with Crippen molar-refractivity contribution in [3.63, 3.8) is 0 Å². The van der Waals surface area contributed by atoms with Gasteiger partial charge in [0.05, 0.1) is 5.60 Å². The van der Waals surface area contributed by atoms with Crippen LogP contribution in [0.4, 0.5) is 0 Å². The third-order valence-corrected chi connectivity index (χ3v) is 2.21. The number of likely N-dealkylation sites (N-methyl/N-ethyl adjacent to an activating group) is 1. The van der Waals surface area contributed by atoms with Crippen molar-refractivity contribution >= 4 is 0 Å². The highest BCUT2D eigenvalue weighted by Crippen LogP contribution is 2.04. The SMILES string of the molecule is CCCC(C)NCC(C)(O)CN(C)C. The molecule has 0 heterocycles. The van der Waals surface area contributed by atoms with Gasteiger partial charge < -0.3 is 15.3 Å². The number of nitrogens with one attached hydrogen (secondary N) is 1. The second-order valence-corrected chi connectivity index (χ2v) is 4.81. The van der Waals surface area contributed by atoms with E-state index in [1.807, 2.05) is 25.9 Å². The summed E-state index contributed by atoms with van der Waals surface area (Å²) in [6, 6.07) is 0.494. The predicted octanol–water partition coefficient (Wildman–Crippen LogP) is 1.08. The first-order valence-electron chi connectivity index (χ1n) is 5.48. The fraction of sp³-hybridized carbons (Fsp3) is 1.00. The Morgan fingerprint density at radius 1 is 1.43 bits per heavy atom. The zero-order valence-corrected chi connectivity index (χ0v) is 10.3. The van der Waals surface area contributed by atoms with Crippen LogP contribution in [0.5, 0.6) is 0 Å². The lowest BCUT2D eigenvalue weighted by Crippen LogP contribution is -2.47. The number of aliphatic hydroxyl groups is 1. The van der Waals surface area contributed by atoms with Gasteiger partial charge in [-0.05, 0) is 34.4 Å². The van der Waals surface area contributed by atoms with Gasteiger partial charge in [0.15, 0.2) is 0 Å². The zero-order chi connectivity index (χ0) is 11.2. The fourth-order valence-electron chi connectivity index (χ4n) is 1.67. The Kier molecular flexibility index (Phi) is 6.33. The first-order chi connectivity index (χ1) is 6.37. The highest BCUT2D eigenvalue weighted by molar-refractivity contribution is 4.79. The van der Waals surface area contributed by atoms with E-state index in [1.165, 1.54) is 6.42 Å². The molecule has 3 nitrogen and oxygen atoms in total. The van der Waals surface area contributed by atoms with Crippen LogP contribution in [0.15, 0.2) is 0 Å². The number of nitrogens with zero attached hydrogens (tertiary/aromatic N) is 1. The maximum Gasteiger partial charge on any atom is 0.0869 e. The van der Waals surface area contributed by atoms with Gasteiger partial charge in [-0.2, -0.15) is 0 Å². The van der Waals surface area contributed by atoms with Crippen molar-refractivity contribution in [2.45, 2.75) is 45.3 Å². The summed E-state index contributed by atoms with van der Waals surface area (Å²) in [4.78, 5) is 2.01. The van der Waals surface area contributed by atoms with Crippen molar-refractivity contribution in [3.8, 4) is 0 Å². The molecule has 2 N–H and O–H groups in total. The standard InChI is InChI=1S/C11H26N2O/c1-6-7-10(2)12-8-11(3,14)9-13(4)5/h10,12,14H,6-9H2,1-5H3. The molecule has 86 valence electrons. The third kappa shape index (κ3) is 7.30. The summed E-state index contributed by atoms with van der Waals surface area (Å²) in [6.45, 7) is 7.56. The highest BCUT2D eigenvalue weighted by atomic mass is 16.3. The maximum atomic E-state index is 10.00. The van der Waals surface area contributed by atoms with E-state index in [0.29, 0.717) is 19.1 Å². The quantitative estimate of drug-likeness (QED) is 0.648. The average molecular weight is 202 g/mol. The Hall–Kier alpha value is -0.120. The maximum absolute atomic E-state index is 10.00. The van der Waals surface area contributed by atoms with Crippen LogP contribution < -0.4 is 5.32 Å². The third-order valence-electron chi connectivity index (χ3n) is 2.21. The molecule has 2 atom stereocenters. The summed E-state index contributed by atoms with van der Waals surface area (Å²) in [6.07, 6.45) is 2.35. The van der Waals surface area contributed by atoms with E-state index < -0.39 is 5.60 Å². The molecule has 0 aromatic carbocycles. The second kappa shape index (κ2) is 6.38. The minimum absolute atomic E-state index is 0.494. The van der Waals surface area contributed by atoms with Crippen LogP contribution in [0.2, 0.25) is 0 Å². The van der Waals surface area contributed by atoms with Crippen molar-refractivity contribution in [2.24, 2.45) is 0 Å². The van der Waals surface area contributed by atoms with Crippen molar-refractivity contribution in [1.29, 1.82) is 0 Å². The zero-order valence-electron chi connectivity index (χ0n) is 10.3. The molecule has 0 aromatic heterocycles. The smallest absolute Gasteiger partial charge is 0.0869 e. The summed E-state index contributed by atoms with van der Waals surface area (Å²) in [5.74, 6) is 0. The Balaban J connectivity index is 3.74. The number of hydrogen-bond acceptors (Lipinski definition) is 3. The van der Waals surface area contributed by atoms with E-state index in [-0.39, 0.29) is 0 Å². The molecule has 0 spiro atoms. The first-order valence-corrected chi connectivity index (χ1v) is 5.48. The van der Waals surface area contributed by atoms with E-state index >= 15 is 0 Å². The summed E-state index contributed by atoms with van der Waals surface area (Å²) < 4.78 is 0. The van der Waals surface area contributed by atoms with Gasteiger partial charge >= 0.3 is 0 Å². The predicted molar refractivity (Wildman–Crippen MR) is 61.6 cm³/mol. The summed E-state index contributed by atoms with van der Waals surface area (Å²) >= 11 is 0. The van der Waals surface area contributed by atoms with Crippen LogP contribution >= 0.6 is 0 Å². The number of hydrogen-bond donors (Lipinski definition) is 2. The van der Waals surface area contributed by atoms with E-state index in [1.54, 1.807) is 0 Å². The van der Waals surface area contributed by atoms with Crippen molar-refractivity contribution in [2.75, 3.05) is 27.2 Å². The monoisotopic (exact) mass is 202 g/mol. The molecule has 0 radical (unpaired) electrons. The van der Waals surface area contributed by atoms with E-state index in [4.69, 9.17) is 0 Å². The second-order valence-electron chi connectivity index (χ2n) is 4.81. The lowest BCUT2D eigenvalue weighted by atomic mass is 10.1. The first kappa shape index (κ1) is 13.9. The summed E-state index contributed by atoms with van der Waals surface area (Å²) in [5, 5.41) is 13.4. The van der Waals surface area contributed by atoms with Crippen LogP contribution in [0.3, 0.4) is 0 Å². The largest absolute Gasteiger partial charge is 0.388 e. The molecule has 2 unspecified atom stereocenters. The highest BCUT2D eigenvalue weighted by Gasteiger charge is 2.21. The van der Waals surface area contributed by atoms with E-state index in [9.17, 15) is 5.11 Å². The number of rotatable bonds is 7. The van der Waals surface area contributed by atoms with Gasteiger partial charge in [0.25, 0.3) is 0 Å². The molecule has 0 saturated heterocycles. The Morgan fingerprint density at radius 2 is 2.00 bits per heavy atom. The van der Waals surface area contributed by atoms with Gasteiger partial charge in [-0.15, -0.1) is 0 Å². The molecule has 0 aliphatic rings. The van der Waals surface area contributed by atoms with Crippen molar-refractivity contribution < 1.29 is 5.11 Å². The molecule has 0 saturated carbocycles. The van der Waals surface area contributed by atoms with Gasteiger partial charge in [0.1, 0.15) is 0 Å². The van der Waals surface area contributed by atoms with Crippen molar-refractivity contribution in [1.82, 2.24) is 10.2 Å².